The molecular formula is C8H13O3-. The van der Waals surface area contributed by atoms with Gasteiger partial charge in [0.1, 0.15) is 0 Å². The second kappa shape index (κ2) is 3.72. The van der Waals surface area contributed by atoms with E-state index in [9.17, 15) is 9.90 Å². The number of rotatable bonds is 2. The fourth-order valence-corrected chi connectivity index (χ4v) is 1.57. The van der Waals surface area contributed by atoms with Crippen molar-refractivity contribution in [2.24, 2.45) is 5.92 Å². The lowest BCUT2D eigenvalue weighted by atomic mass is 9.87. The monoisotopic (exact) mass is 157 g/mol. The first-order valence-corrected chi connectivity index (χ1v) is 3.97. The molecule has 0 N–H and O–H groups in total. The van der Waals surface area contributed by atoms with Crippen LogP contribution in [0.4, 0.5) is 0 Å². The lowest BCUT2D eigenvalue weighted by molar-refractivity contribution is -0.313. The Hall–Kier alpha value is -0.570. The number of hydrogen-bond acceptors (Lipinski definition) is 3. The van der Waals surface area contributed by atoms with E-state index >= 15 is 0 Å². The standard InChI is InChI=1S/C8H14O3/c1-11-7-4-2-3-6(5-7)8(9)10/h6-7H,2-5H2,1H3,(H,9,10)/p-1/t6-,7-/m0/s1. The summed E-state index contributed by atoms with van der Waals surface area (Å²) in [6.45, 7) is 0. The third-order valence-corrected chi connectivity index (χ3v) is 2.29. The molecule has 64 valence electrons. The average molecular weight is 157 g/mol. The molecule has 11 heavy (non-hydrogen) atoms. The highest BCUT2D eigenvalue weighted by molar-refractivity contribution is 5.67. The second-order valence-corrected chi connectivity index (χ2v) is 3.04. The number of ether oxygens (including phenoxy) is 1. The molecule has 3 nitrogen and oxygen atoms in total. The minimum Gasteiger partial charge on any atom is -0.550 e. The topological polar surface area (TPSA) is 49.4 Å². The Bertz CT molecular complexity index is 144. The van der Waals surface area contributed by atoms with Gasteiger partial charge in [-0.25, -0.2) is 0 Å². The van der Waals surface area contributed by atoms with E-state index in [-0.39, 0.29) is 12.0 Å². The first-order valence-electron chi connectivity index (χ1n) is 3.97. The van der Waals surface area contributed by atoms with Crippen molar-refractivity contribution in [1.29, 1.82) is 0 Å². The van der Waals surface area contributed by atoms with E-state index in [1.807, 2.05) is 0 Å². The van der Waals surface area contributed by atoms with Crippen LogP contribution in [-0.2, 0) is 9.53 Å². The third-order valence-electron chi connectivity index (χ3n) is 2.29. The van der Waals surface area contributed by atoms with E-state index < -0.39 is 5.97 Å². The molecular weight excluding hydrogens is 144 g/mol. The molecule has 2 atom stereocenters. The molecule has 1 fully saturated rings. The molecule has 0 aromatic heterocycles. The summed E-state index contributed by atoms with van der Waals surface area (Å²) in [5, 5.41) is 10.4. The van der Waals surface area contributed by atoms with Gasteiger partial charge < -0.3 is 14.6 Å². The van der Waals surface area contributed by atoms with Crippen LogP contribution in [0.25, 0.3) is 0 Å². The Balaban J connectivity index is 2.39. The number of carbonyl (C=O) groups is 1. The first-order chi connectivity index (χ1) is 5.24. The van der Waals surface area contributed by atoms with Gasteiger partial charge in [0.25, 0.3) is 0 Å². The highest BCUT2D eigenvalue weighted by Crippen LogP contribution is 2.25. The van der Waals surface area contributed by atoms with Gasteiger partial charge in [0, 0.05) is 19.0 Å². The zero-order valence-electron chi connectivity index (χ0n) is 6.71. The maximum absolute atomic E-state index is 10.4. The molecule has 0 radical (unpaired) electrons. The van der Waals surface area contributed by atoms with Crippen molar-refractivity contribution in [2.45, 2.75) is 31.8 Å². The maximum atomic E-state index is 10.4. The normalized spacial score (nSPS) is 31.7. The van der Waals surface area contributed by atoms with Crippen molar-refractivity contribution < 1.29 is 14.6 Å². The number of methoxy groups -OCH3 is 1. The van der Waals surface area contributed by atoms with Crippen molar-refractivity contribution in [3.8, 4) is 0 Å². The SMILES string of the molecule is CO[C@H]1CCC[C@H](C(=O)[O-])C1. The van der Waals surface area contributed by atoms with E-state index in [1.165, 1.54) is 0 Å². The number of aliphatic carboxylic acids is 1. The molecule has 0 aromatic carbocycles. The molecule has 0 spiro atoms. The summed E-state index contributed by atoms with van der Waals surface area (Å²) in [7, 11) is 1.63. The van der Waals surface area contributed by atoms with Crippen LogP contribution in [-0.4, -0.2) is 19.2 Å². The molecule has 0 saturated heterocycles. The summed E-state index contributed by atoms with van der Waals surface area (Å²) in [6.07, 6.45) is 3.44. The number of carbonyl (C=O) groups excluding carboxylic acids is 1. The molecule has 3 heteroatoms. The number of carboxylic acids is 1. The Kier molecular flexibility index (Phi) is 2.88. The van der Waals surface area contributed by atoms with Gasteiger partial charge in [0.05, 0.1) is 6.10 Å². The highest BCUT2D eigenvalue weighted by Gasteiger charge is 2.21. The molecule has 0 bridgehead atoms. The van der Waals surface area contributed by atoms with Crippen LogP contribution in [0.2, 0.25) is 0 Å². The minimum atomic E-state index is -0.924. The maximum Gasteiger partial charge on any atom is 0.0577 e. The van der Waals surface area contributed by atoms with Gasteiger partial charge >= 0.3 is 0 Å². The van der Waals surface area contributed by atoms with Crippen molar-refractivity contribution in [3.63, 3.8) is 0 Å². The van der Waals surface area contributed by atoms with Crippen molar-refractivity contribution in [2.75, 3.05) is 7.11 Å². The smallest absolute Gasteiger partial charge is 0.0577 e. The lowest BCUT2D eigenvalue weighted by Crippen LogP contribution is -2.36. The van der Waals surface area contributed by atoms with Crippen LogP contribution in [0.15, 0.2) is 0 Å². The quantitative estimate of drug-likeness (QED) is 0.564. The summed E-state index contributed by atoms with van der Waals surface area (Å²) in [6, 6.07) is 0. The zero-order chi connectivity index (χ0) is 8.27. The van der Waals surface area contributed by atoms with Gasteiger partial charge in [-0.15, -0.1) is 0 Å². The summed E-state index contributed by atoms with van der Waals surface area (Å²) in [5.41, 5.74) is 0. The largest absolute Gasteiger partial charge is 0.550 e. The fourth-order valence-electron chi connectivity index (χ4n) is 1.57. The second-order valence-electron chi connectivity index (χ2n) is 3.04. The van der Waals surface area contributed by atoms with E-state index in [0.29, 0.717) is 6.42 Å². The van der Waals surface area contributed by atoms with Crippen LogP contribution in [0.5, 0.6) is 0 Å². The van der Waals surface area contributed by atoms with Crippen LogP contribution >= 0.6 is 0 Å². The van der Waals surface area contributed by atoms with Gasteiger partial charge in [-0.2, -0.15) is 0 Å². The summed E-state index contributed by atoms with van der Waals surface area (Å²) in [5.74, 6) is -1.21. The Labute approximate surface area is 66.4 Å². The fraction of sp³-hybridized carbons (Fsp3) is 0.875. The van der Waals surface area contributed by atoms with Crippen molar-refractivity contribution in [3.05, 3.63) is 0 Å². The molecule has 0 aromatic rings. The third kappa shape index (κ3) is 2.19. The number of hydrogen-bond donors (Lipinski definition) is 0. The molecule has 0 heterocycles. The average Bonchev–Trinajstić information content (AvgIpc) is 2.05. The zero-order valence-corrected chi connectivity index (χ0v) is 6.71. The molecule has 1 aliphatic carbocycles. The van der Waals surface area contributed by atoms with Crippen LogP contribution in [0.1, 0.15) is 25.7 Å². The van der Waals surface area contributed by atoms with E-state index in [0.717, 1.165) is 19.3 Å². The Morgan fingerprint density at radius 1 is 1.55 bits per heavy atom. The van der Waals surface area contributed by atoms with Crippen LogP contribution < -0.4 is 5.11 Å². The molecule has 0 aliphatic heterocycles. The van der Waals surface area contributed by atoms with Crippen LogP contribution in [0, 0.1) is 5.92 Å². The predicted molar refractivity (Wildman–Crippen MR) is 37.8 cm³/mol. The lowest BCUT2D eigenvalue weighted by Gasteiger charge is -2.28. The van der Waals surface area contributed by atoms with Gasteiger partial charge in [-0.1, -0.05) is 6.42 Å². The Morgan fingerprint density at radius 2 is 2.27 bits per heavy atom. The molecule has 0 unspecified atom stereocenters. The summed E-state index contributed by atoms with van der Waals surface area (Å²) < 4.78 is 5.08. The first kappa shape index (κ1) is 8.53. The van der Waals surface area contributed by atoms with Gasteiger partial charge in [0.2, 0.25) is 0 Å². The minimum absolute atomic E-state index is 0.131. The summed E-state index contributed by atoms with van der Waals surface area (Å²) >= 11 is 0. The van der Waals surface area contributed by atoms with E-state index in [4.69, 9.17) is 4.74 Å². The predicted octanol–water partition coefficient (Wildman–Crippen LogP) is -0.0585. The van der Waals surface area contributed by atoms with Gasteiger partial charge in [0.15, 0.2) is 0 Å². The molecule has 0 amide bonds. The molecule has 1 aliphatic rings. The van der Waals surface area contributed by atoms with E-state index in [2.05, 4.69) is 0 Å². The highest BCUT2D eigenvalue weighted by atomic mass is 16.5. The number of carboxylic acid groups (broad SMARTS) is 1. The Morgan fingerprint density at radius 3 is 2.82 bits per heavy atom. The van der Waals surface area contributed by atoms with Crippen LogP contribution in [0.3, 0.4) is 0 Å². The molecule has 1 rings (SSSR count). The van der Waals surface area contributed by atoms with Crippen molar-refractivity contribution in [1.82, 2.24) is 0 Å². The molecule has 1 saturated carbocycles. The van der Waals surface area contributed by atoms with E-state index in [1.54, 1.807) is 7.11 Å². The summed E-state index contributed by atoms with van der Waals surface area (Å²) in [4.78, 5) is 10.4. The van der Waals surface area contributed by atoms with Crippen molar-refractivity contribution >= 4 is 5.97 Å². The van der Waals surface area contributed by atoms with Gasteiger partial charge in [-0.05, 0) is 19.3 Å². The van der Waals surface area contributed by atoms with Gasteiger partial charge in [-0.3, -0.25) is 0 Å².